The fourth-order valence-corrected chi connectivity index (χ4v) is 5.29. The third kappa shape index (κ3) is 4.94. The SMILES string of the molecule is CCC1Oc2ccc(NC(=O)Cc3cccc(OC)c3)cc2CN(C2CCCc3ccccc32)C1=O. The Labute approximate surface area is 212 Å². The number of fused-ring (bicyclic) bond motifs is 2. The zero-order chi connectivity index (χ0) is 25.1. The summed E-state index contributed by atoms with van der Waals surface area (Å²) in [6, 6.07) is 21.6. The lowest BCUT2D eigenvalue weighted by Crippen LogP contribution is -2.42. The molecule has 186 valence electrons. The quantitative estimate of drug-likeness (QED) is 0.505. The van der Waals surface area contributed by atoms with E-state index in [1.54, 1.807) is 7.11 Å². The summed E-state index contributed by atoms with van der Waals surface area (Å²) < 4.78 is 11.5. The Kier molecular flexibility index (Phi) is 6.94. The highest BCUT2D eigenvalue weighted by atomic mass is 16.5. The van der Waals surface area contributed by atoms with E-state index in [4.69, 9.17) is 9.47 Å². The van der Waals surface area contributed by atoms with Gasteiger partial charge in [-0.05, 0) is 72.7 Å². The molecule has 0 saturated heterocycles. The minimum absolute atomic E-state index is 0.0253. The predicted molar refractivity (Wildman–Crippen MR) is 139 cm³/mol. The van der Waals surface area contributed by atoms with Crippen LogP contribution in [-0.4, -0.2) is 29.9 Å². The first-order valence-corrected chi connectivity index (χ1v) is 12.7. The fraction of sp³-hybridized carbons (Fsp3) is 0.333. The smallest absolute Gasteiger partial charge is 0.264 e. The van der Waals surface area contributed by atoms with Crippen LogP contribution in [0.4, 0.5) is 5.69 Å². The van der Waals surface area contributed by atoms with Crippen molar-refractivity contribution in [1.29, 1.82) is 0 Å². The average molecular weight is 485 g/mol. The Balaban J connectivity index is 1.39. The van der Waals surface area contributed by atoms with E-state index in [-0.39, 0.29) is 24.3 Å². The molecule has 3 aromatic rings. The van der Waals surface area contributed by atoms with Gasteiger partial charge in [0, 0.05) is 11.3 Å². The Bertz CT molecular complexity index is 1270. The van der Waals surface area contributed by atoms with Gasteiger partial charge >= 0.3 is 0 Å². The number of hydrogen-bond donors (Lipinski definition) is 1. The topological polar surface area (TPSA) is 67.9 Å². The first-order chi connectivity index (χ1) is 17.6. The lowest BCUT2D eigenvalue weighted by atomic mass is 9.86. The monoisotopic (exact) mass is 484 g/mol. The maximum Gasteiger partial charge on any atom is 0.264 e. The van der Waals surface area contributed by atoms with Crippen LogP contribution >= 0.6 is 0 Å². The number of rotatable bonds is 6. The van der Waals surface area contributed by atoms with Gasteiger partial charge in [-0.3, -0.25) is 9.59 Å². The first-order valence-electron chi connectivity index (χ1n) is 12.7. The average Bonchev–Trinajstić information content (AvgIpc) is 3.04. The molecule has 0 bridgehead atoms. The van der Waals surface area contributed by atoms with Gasteiger partial charge in [0.15, 0.2) is 6.10 Å². The van der Waals surface area contributed by atoms with Gasteiger partial charge in [0.2, 0.25) is 5.91 Å². The summed E-state index contributed by atoms with van der Waals surface area (Å²) >= 11 is 0. The minimum atomic E-state index is -0.520. The number of nitrogens with zero attached hydrogens (tertiary/aromatic N) is 1. The molecular formula is C30H32N2O4. The van der Waals surface area contributed by atoms with Crippen molar-refractivity contribution < 1.29 is 19.1 Å². The standard InChI is InChI=1S/C30H32N2O4/c1-3-27-30(34)32(26-13-7-10-21-9-4-5-12-25(21)26)19-22-18-23(14-15-28(22)36-27)31-29(33)17-20-8-6-11-24(16-20)35-2/h4-6,8-9,11-12,14-16,18,26-27H,3,7,10,13,17,19H2,1-2H3,(H,31,33). The Morgan fingerprint density at radius 2 is 1.94 bits per heavy atom. The molecule has 2 amide bonds. The summed E-state index contributed by atoms with van der Waals surface area (Å²) in [5.74, 6) is 1.34. The Hall–Kier alpha value is -3.80. The molecule has 0 fully saturated rings. The van der Waals surface area contributed by atoms with Crippen molar-refractivity contribution in [3.8, 4) is 11.5 Å². The molecule has 0 spiro atoms. The molecule has 0 radical (unpaired) electrons. The van der Waals surface area contributed by atoms with E-state index in [0.29, 0.717) is 24.4 Å². The zero-order valence-electron chi connectivity index (χ0n) is 20.8. The largest absolute Gasteiger partial charge is 0.497 e. The number of amides is 2. The van der Waals surface area contributed by atoms with Crippen LogP contribution in [0.2, 0.25) is 0 Å². The Morgan fingerprint density at radius 1 is 1.08 bits per heavy atom. The predicted octanol–water partition coefficient (Wildman–Crippen LogP) is 5.45. The van der Waals surface area contributed by atoms with E-state index < -0.39 is 6.10 Å². The molecule has 1 heterocycles. The molecule has 6 nitrogen and oxygen atoms in total. The normalized spacial score (nSPS) is 18.9. The van der Waals surface area contributed by atoms with Gasteiger partial charge in [0.1, 0.15) is 11.5 Å². The van der Waals surface area contributed by atoms with Crippen LogP contribution in [0.5, 0.6) is 11.5 Å². The summed E-state index contributed by atoms with van der Waals surface area (Å²) in [5.41, 5.74) is 5.03. The van der Waals surface area contributed by atoms with E-state index in [1.165, 1.54) is 11.1 Å². The first kappa shape index (κ1) is 23.9. The van der Waals surface area contributed by atoms with Gasteiger partial charge in [-0.2, -0.15) is 0 Å². The second kappa shape index (κ2) is 10.4. The van der Waals surface area contributed by atoms with E-state index in [0.717, 1.165) is 36.1 Å². The molecule has 0 aromatic heterocycles. The van der Waals surface area contributed by atoms with Crippen LogP contribution in [-0.2, 0) is 29.0 Å². The summed E-state index contributed by atoms with van der Waals surface area (Å²) in [6.07, 6.45) is 3.35. The molecule has 36 heavy (non-hydrogen) atoms. The lowest BCUT2D eigenvalue weighted by Gasteiger charge is -2.36. The van der Waals surface area contributed by atoms with Crippen LogP contribution in [0.3, 0.4) is 0 Å². The molecule has 1 aliphatic heterocycles. The van der Waals surface area contributed by atoms with Gasteiger partial charge in [-0.15, -0.1) is 0 Å². The van der Waals surface area contributed by atoms with E-state index in [2.05, 4.69) is 29.6 Å². The van der Waals surface area contributed by atoms with Crippen molar-refractivity contribution in [2.45, 2.75) is 57.7 Å². The maximum absolute atomic E-state index is 13.6. The zero-order valence-corrected chi connectivity index (χ0v) is 20.8. The van der Waals surface area contributed by atoms with Crippen molar-refractivity contribution >= 4 is 17.5 Å². The summed E-state index contributed by atoms with van der Waals surface area (Å²) in [5, 5.41) is 3.01. The number of carbonyl (C=O) groups excluding carboxylic acids is 2. The molecule has 5 rings (SSSR count). The third-order valence-electron chi connectivity index (χ3n) is 7.10. The molecule has 3 aromatic carbocycles. The third-order valence-corrected chi connectivity index (χ3v) is 7.10. The van der Waals surface area contributed by atoms with E-state index in [1.807, 2.05) is 54.3 Å². The summed E-state index contributed by atoms with van der Waals surface area (Å²) in [4.78, 5) is 28.3. The summed E-state index contributed by atoms with van der Waals surface area (Å²) in [7, 11) is 1.61. The second-order valence-electron chi connectivity index (χ2n) is 9.49. The second-order valence-corrected chi connectivity index (χ2v) is 9.49. The molecule has 6 heteroatoms. The van der Waals surface area contributed by atoms with Gasteiger partial charge in [-0.25, -0.2) is 0 Å². The van der Waals surface area contributed by atoms with Crippen LogP contribution in [0, 0.1) is 0 Å². The Morgan fingerprint density at radius 3 is 2.78 bits per heavy atom. The van der Waals surface area contributed by atoms with Crippen LogP contribution < -0.4 is 14.8 Å². The highest BCUT2D eigenvalue weighted by molar-refractivity contribution is 5.92. The van der Waals surface area contributed by atoms with Crippen LogP contribution in [0.1, 0.15) is 54.5 Å². The van der Waals surface area contributed by atoms with Crippen molar-refractivity contribution in [2.75, 3.05) is 12.4 Å². The number of carbonyl (C=O) groups is 2. The molecule has 0 saturated carbocycles. The molecule has 1 aliphatic carbocycles. The van der Waals surface area contributed by atoms with Gasteiger partial charge in [0.05, 0.1) is 26.1 Å². The molecule has 2 unspecified atom stereocenters. The van der Waals surface area contributed by atoms with Crippen molar-refractivity contribution in [2.24, 2.45) is 0 Å². The number of hydrogen-bond acceptors (Lipinski definition) is 4. The van der Waals surface area contributed by atoms with Gasteiger partial charge in [0.25, 0.3) is 5.91 Å². The lowest BCUT2D eigenvalue weighted by molar-refractivity contribution is -0.141. The molecule has 2 aliphatic rings. The number of aryl methyl sites for hydroxylation is 1. The van der Waals surface area contributed by atoms with E-state index >= 15 is 0 Å². The molecule has 2 atom stereocenters. The highest BCUT2D eigenvalue weighted by Gasteiger charge is 2.36. The van der Waals surface area contributed by atoms with Crippen molar-refractivity contribution in [3.05, 3.63) is 89.0 Å². The van der Waals surface area contributed by atoms with Crippen LogP contribution in [0.25, 0.3) is 0 Å². The number of nitrogens with one attached hydrogen (secondary N) is 1. The maximum atomic E-state index is 13.6. The van der Waals surface area contributed by atoms with Crippen LogP contribution in [0.15, 0.2) is 66.7 Å². The number of ether oxygens (including phenoxy) is 2. The molecule has 1 N–H and O–H groups in total. The number of benzene rings is 3. The van der Waals surface area contributed by atoms with Gasteiger partial charge in [-0.1, -0.05) is 43.3 Å². The summed E-state index contributed by atoms with van der Waals surface area (Å²) in [6.45, 7) is 2.43. The number of anilines is 1. The minimum Gasteiger partial charge on any atom is -0.497 e. The highest BCUT2D eigenvalue weighted by Crippen LogP contribution is 2.39. The molecular weight excluding hydrogens is 452 g/mol. The van der Waals surface area contributed by atoms with Crippen molar-refractivity contribution in [3.63, 3.8) is 0 Å². The fourth-order valence-electron chi connectivity index (χ4n) is 5.29. The van der Waals surface area contributed by atoms with Crippen molar-refractivity contribution in [1.82, 2.24) is 4.90 Å². The number of methoxy groups -OCH3 is 1. The van der Waals surface area contributed by atoms with E-state index in [9.17, 15) is 9.59 Å². The van der Waals surface area contributed by atoms with Gasteiger partial charge < -0.3 is 19.7 Å².